The van der Waals surface area contributed by atoms with Gasteiger partial charge in [-0.3, -0.25) is 4.98 Å². The smallest absolute Gasteiger partial charge is 0.0948 e. The predicted octanol–water partition coefficient (Wildman–Crippen LogP) is 4.38. The predicted molar refractivity (Wildman–Crippen MR) is 90.2 cm³/mol. The molecule has 5 heteroatoms. The van der Waals surface area contributed by atoms with Crippen molar-refractivity contribution in [2.45, 2.75) is 45.6 Å². The molecule has 21 heavy (non-hydrogen) atoms. The van der Waals surface area contributed by atoms with E-state index in [4.69, 9.17) is 16.6 Å². The maximum Gasteiger partial charge on any atom is 0.0948 e. The molecule has 0 aromatic carbocycles. The highest BCUT2D eigenvalue weighted by molar-refractivity contribution is 7.09. The summed E-state index contributed by atoms with van der Waals surface area (Å²) in [5.74, 6) is 0. The van der Waals surface area contributed by atoms with Gasteiger partial charge in [-0.05, 0) is 18.7 Å². The number of rotatable bonds is 5. The highest BCUT2D eigenvalue weighted by atomic mass is 35.5. The zero-order chi connectivity index (χ0) is 15.5. The minimum Gasteiger partial charge on any atom is -0.309 e. The fraction of sp³-hybridized carbons (Fsp3) is 0.500. The minimum absolute atomic E-state index is 0.0982. The summed E-state index contributed by atoms with van der Waals surface area (Å²) >= 11 is 7.64. The lowest BCUT2D eigenvalue weighted by Gasteiger charge is -2.17. The zero-order valence-electron chi connectivity index (χ0n) is 13.0. The Balaban J connectivity index is 2.16. The molecule has 1 N–H and O–H groups in total. The first-order valence-electron chi connectivity index (χ1n) is 7.20. The van der Waals surface area contributed by atoms with Crippen molar-refractivity contribution >= 4 is 22.9 Å². The molecular formula is C16H22ClN3S. The summed E-state index contributed by atoms with van der Waals surface area (Å²) in [4.78, 5) is 9.20. The highest BCUT2D eigenvalue weighted by Crippen LogP contribution is 2.26. The number of halogens is 1. The first-order valence-corrected chi connectivity index (χ1v) is 8.45. The van der Waals surface area contributed by atoms with E-state index in [1.54, 1.807) is 17.5 Å². The van der Waals surface area contributed by atoms with Crippen molar-refractivity contribution in [2.24, 2.45) is 0 Å². The molecule has 2 rings (SSSR count). The van der Waals surface area contributed by atoms with Gasteiger partial charge in [0.2, 0.25) is 0 Å². The molecule has 114 valence electrons. The van der Waals surface area contributed by atoms with Gasteiger partial charge in [-0.2, -0.15) is 0 Å². The summed E-state index contributed by atoms with van der Waals surface area (Å²) in [5, 5.41) is 7.44. The Kier molecular flexibility index (Phi) is 5.36. The van der Waals surface area contributed by atoms with Crippen LogP contribution in [-0.2, 0) is 11.8 Å². The van der Waals surface area contributed by atoms with Crippen LogP contribution in [0.5, 0.6) is 0 Å². The number of nitrogens with zero attached hydrogens (tertiary/aromatic N) is 2. The second-order valence-corrected chi connectivity index (χ2v) is 7.47. The van der Waals surface area contributed by atoms with Crippen LogP contribution in [0.2, 0.25) is 5.02 Å². The molecule has 0 aliphatic rings. The summed E-state index contributed by atoms with van der Waals surface area (Å²) in [6.45, 7) is 9.56. The van der Waals surface area contributed by atoms with Crippen LogP contribution < -0.4 is 5.32 Å². The number of hydrogen-bond donors (Lipinski definition) is 1. The SMILES string of the molecule is CCNC(Cc1nc(C(C)(C)C)cs1)c1ccc(Cl)cn1. The maximum atomic E-state index is 5.91. The summed E-state index contributed by atoms with van der Waals surface area (Å²) in [6, 6.07) is 4.04. The van der Waals surface area contributed by atoms with Crippen LogP contribution in [-0.4, -0.2) is 16.5 Å². The first-order chi connectivity index (χ1) is 9.90. The van der Waals surface area contributed by atoms with Gasteiger partial charge < -0.3 is 5.32 Å². The van der Waals surface area contributed by atoms with Gasteiger partial charge in [0.1, 0.15) is 0 Å². The van der Waals surface area contributed by atoms with E-state index in [1.165, 1.54) is 0 Å². The van der Waals surface area contributed by atoms with Crippen LogP contribution in [0, 0.1) is 0 Å². The standard InChI is InChI=1S/C16H22ClN3S/c1-5-18-13(12-7-6-11(17)9-19-12)8-15-20-14(10-21-15)16(2,3)4/h6-7,9-10,13,18H,5,8H2,1-4H3. The van der Waals surface area contributed by atoms with Gasteiger partial charge in [0, 0.05) is 23.4 Å². The molecule has 0 spiro atoms. The van der Waals surface area contributed by atoms with E-state index in [0.29, 0.717) is 5.02 Å². The van der Waals surface area contributed by atoms with Gasteiger partial charge in [-0.1, -0.05) is 39.3 Å². The zero-order valence-corrected chi connectivity index (χ0v) is 14.6. The second-order valence-electron chi connectivity index (χ2n) is 6.09. The van der Waals surface area contributed by atoms with E-state index < -0.39 is 0 Å². The average Bonchev–Trinajstić information content (AvgIpc) is 2.88. The van der Waals surface area contributed by atoms with Crippen molar-refractivity contribution < 1.29 is 0 Å². The van der Waals surface area contributed by atoms with Gasteiger partial charge in [0.15, 0.2) is 0 Å². The Morgan fingerprint density at radius 2 is 2.10 bits per heavy atom. The lowest BCUT2D eigenvalue weighted by molar-refractivity contribution is 0.529. The molecular weight excluding hydrogens is 302 g/mol. The van der Waals surface area contributed by atoms with E-state index in [1.807, 2.05) is 12.1 Å². The lowest BCUT2D eigenvalue weighted by atomic mass is 9.93. The molecule has 1 unspecified atom stereocenters. The van der Waals surface area contributed by atoms with E-state index in [-0.39, 0.29) is 11.5 Å². The number of aromatic nitrogens is 2. The van der Waals surface area contributed by atoms with Crippen LogP contribution in [0.1, 0.15) is 50.1 Å². The van der Waals surface area contributed by atoms with Crippen molar-refractivity contribution in [2.75, 3.05) is 6.54 Å². The van der Waals surface area contributed by atoms with Gasteiger partial charge in [-0.15, -0.1) is 11.3 Å². The molecule has 0 aliphatic carbocycles. The Morgan fingerprint density at radius 1 is 1.33 bits per heavy atom. The number of nitrogens with one attached hydrogen (secondary N) is 1. The van der Waals surface area contributed by atoms with Crippen LogP contribution in [0.3, 0.4) is 0 Å². The van der Waals surface area contributed by atoms with Crippen LogP contribution in [0.15, 0.2) is 23.7 Å². The number of likely N-dealkylation sites (N-methyl/N-ethyl adjacent to an activating group) is 1. The maximum absolute atomic E-state index is 5.91. The van der Waals surface area contributed by atoms with E-state index in [0.717, 1.165) is 29.4 Å². The molecule has 0 amide bonds. The largest absolute Gasteiger partial charge is 0.309 e. The van der Waals surface area contributed by atoms with Crippen molar-refractivity contribution in [3.05, 3.63) is 45.1 Å². The third kappa shape index (κ3) is 4.50. The first kappa shape index (κ1) is 16.4. The Bertz CT molecular complexity index is 572. The molecule has 0 saturated carbocycles. The number of thiazole rings is 1. The second kappa shape index (κ2) is 6.86. The molecule has 0 fully saturated rings. The summed E-state index contributed by atoms with van der Waals surface area (Å²) < 4.78 is 0. The van der Waals surface area contributed by atoms with Gasteiger partial charge in [0.25, 0.3) is 0 Å². The normalized spacial score (nSPS) is 13.4. The number of pyridine rings is 1. The van der Waals surface area contributed by atoms with E-state index in [2.05, 4.69) is 43.4 Å². The van der Waals surface area contributed by atoms with Crippen molar-refractivity contribution in [3.8, 4) is 0 Å². The monoisotopic (exact) mass is 323 g/mol. The molecule has 0 radical (unpaired) electrons. The van der Waals surface area contributed by atoms with Crippen molar-refractivity contribution in [3.63, 3.8) is 0 Å². The topological polar surface area (TPSA) is 37.8 Å². The molecule has 0 saturated heterocycles. The van der Waals surface area contributed by atoms with Gasteiger partial charge >= 0.3 is 0 Å². The van der Waals surface area contributed by atoms with E-state index >= 15 is 0 Å². The van der Waals surface area contributed by atoms with E-state index in [9.17, 15) is 0 Å². The lowest BCUT2D eigenvalue weighted by Crippen LogP contribution is -2.24. The molecule has 2 aromatic heterocycles. The summed E-state index contributed by atoms with van der Waals surface area (Å²) in [6.07, 6.45) is 2.55. The summed E-state index contributed by atoms with van der Waals surface area (Å²) in [5.41, 5.74) is 2.26. The highest BCUT2D eigenvalue weighted by Gasteiger charge is 2.20. The fourth-order valence-electron chi connectivity index (χ4n) is 2.04. The van der Waals surface area contributed by atoms with Crippen molar-refractivity contribution in [1.29, 1.82) is 0 Å². The third-order valence-corrected chi connectivity index (χ3v) is 4.35. The van der Waals surface area contributed by atoms with Gasteiger partial charge in [-0.25, -0.2) is 4.98 Å². The molecule has 0 aliphatic heterocycles. The third-order valence-electron chi connectivity index (χ3n) is 3.26. The molecule has 3 nitrogen and oxygen atoms in total. The molecule has 1 atom stereocenters. The van der Waals surface area contributed by atoms with Crippen LogP contribution >= 0.6 is 22.9 Å². The fourth-order valence-corrected chi connectivity index (χ4v) is 3.22. The Labute approximate surface area is 135 Å². The molecule has 0 bridgehead atoms. The van der Waals surface area contributed by atoms with Gasteiger partial charge in [0.05, 0.1) is 27.5 Å². The van der Waals surface area contributed by atoms with Crippen LogP contribution in [0.25, 0.3) is 0 Å². The van der Waals surface area contributed by atoms with Crippen molar-refractivity contribution in [1.82, 2.24) is 15.3 Å². The summed E-state index contributed by atoms with van der Waals surface area (Å²) in [7, 11) is 0. The quantitative estimate of drug-likeness (QED) is 0.887. The Morgan fingerprint density at radius 3 is 2.62 bits per heavy atom. The molecule has 2 aromatic rings. The van der Waals surface area contributed by atoms with Crippen LogP contribution in [0.4, 0.5) is 0 Å². The number of hydrogen-bond acceptors (Lipinski definition) is 4. The average molecular weight is 324 g/mol. The molecule has 2 heterocycles. The minimum atomic E-state index is 0.0982. The Hall–Kier alpha value is -0.970.